The highest BCUT2D eigenvalue weighted by molar-refractivity contribution is 5.81. The van der Waals surface area contributed by atoms with Gasteiger partial charge in [0.25, 0.3) is 0 Å². The first-order chi connectivity index (χ1) is 8.51. The largest absolute Gasteiger partial charge is 0.373 e. The van der Waals surface area contributed by atoms with Crippen LogP contribution in [0.2, 0.25) is 0 Å². The molecule has 0 bridgehead atoms. The number of rotatable bonds is 5. The second-order valence-corrected chi connectivity index (χ2v) is 4.39. The van der Waals surface area contributed by atoms with E-state index in [1.54, 1.807) is 7.05 Å². The normalized spacial score (nSPS) is 10.3. The fourth-order valence-electron chi connectivity index (χ4n) is 1.79. The number of anilines is 2. The Labute approximate surface area is 108 Å². The number of likely N-dealkylation sites (N-methyl/N-ethyl adjacent to an activating group) is 2. The van der Waals surface area contributed by atoms with E-state index in [1.807, 2.05) is 19.0 Å². The Morgan fingerprint density at radius 2 is 2.06 bits per heavy atom. The molecule has 0 unspecified atom stereocenters. The molecule has 6 nitrogen and oxygen atoms in total. The summed E-state index contributed by atoms with van der Waals surface area (Å²) in [7, 11) is 5.30. The van der Waals surface area contributed by atoms with Gasteiger partial charge in [0.15, 0.2) is 0 Å². The maximum absolute atomic E-state index is 11.4. The van der Waals surface area contributed by atoms with Crippen molar-refractivity contribution in [2.45, 2.75) is 19.8 Å². The fourth-order valence-corrected chi connectivity index (χ4v) is 1.79. The summed E-state index contributed by atoms with van der Waals surface area (Å²) in [6, 6.07) is 0. The highest BCUT2D eigenvalue weighted by atomic mass is 16.1. The van der Waals surface area contributed by atoms with Crippen LogP contribution in [0.1, 0.15) is 25.3 Å². The molecule has 0 aliphatic carbocycles. The zero-order chi connectivity index (χ0) is 13.7. The Hall–Kier alpha value is -1.85. The van der Waals surface area contributed by atoms with Gasteiger partial charge in [-0.05, 0) is 5.92 Å². The van der Waals surface area contributed by atoms with Gasteiger partial charge >= 0.3 is 0 Å². The molecule has 0 aliphatic rings. The highest BCUT2D eigenvalue weighted by Crippen LogP contribution is 2.29. The van der Waals surface area contributed by atoms with Crippen LogP contribution in [-0.2, 0) is 4.79 Å². The Kier molecular flexibility index (Phi) is 4.88. The van der Waals surface area contributed by atoms with Crippen LogP contribution >= 0.6 is 0 Å². The predicted molar refractivity (Wildman–Crippen MR) is 73.0 cm³/mol. The third kappa shape index (κ3) is 3.09. The van der Waals surface area contributed by atoms with Crippen LogP contribution in [0.25, 0.3) is 0 Å². The lowest BCUT2D eigenvalue weighted by molar-refractivity contribution is -0.119. The first-order valence-electron chi connectivity index (χ1n) is 5.95. The standard InChI is InChI=1S/C12H21N5O/c1-8(2)10-11(14-4)15-7-16-12(10)17(5)6-9(18)13-3/h7-8H,6H2,1-5H3,(H,13,18)(H,14,15,16). The molecule has 2 N–H and O–H groups in total. The average Bonchev–Trinajstić information content (AvgIpc) is 2.37. The lowest BCUT2D eigenvalue weighted by Gasteiger charge is -2.23. The SMILES string of the molecule is CNC(=O)CN(C)c1ncnc(NC)c1C(C)C. The Morgan fingerprint density at radius 1 is 1.39 bits per heavy atom. The minimum Gasteiger partial charge on any atom is -0.373 e. The van der Waals surface area contributed by atoms with E-state index >= 15 is 0 Å². The smallest absolute Gasteiger partial charge is 0.239 e. The zero-order valence-electron chi connectivity index (χ0n) is 11.6. The topological polar surface area (TPSA) is 70.2 Å². The quantitative estimate of drug-likeness (QED) is 0.811. The van der Waals surface area contributed by atoms with E-state index < -0.39 is 0 Å². The number of nitrogens with one attached hydrogen (secondary N) is 2. The molecule has 0 radical (unpaired) electrons. The Morgan fingerprint density at radius 3 is 2.56 bits per heavy atom. The van der Waals surface area contributed by atoms with Crippen LogP contribution in [0, 0.1) is 0 Å². The van der Waals surface area contributed by atoms with Crippen molar-refractivity contribution >= 4 is 17.5 Å². The second-order valence-electron chi connectivity index (χ2n) is 4.39. The number of carbonyl (C=O) groups is 1. The van der Waals surface area contributed by atoms with Crippen LogP contribution in [0.3, 0.4) is 0 Å². The molecule has 0 fully saturated rings. The monoisotopic (exact) mass is 251 g/mol. The summed E-state index contributed by atoms with van der Waals surface area (Å²) >= 11 is 0. The van der Waals surface area contributed by atoms with Gasteiger partial charge in [0.1, 0.15) is 18.0 Å². The summed E-state index contributed by atoms with van der Waals surface area (Å²) < 4.78 is 0. The molecule has 0 atom stereocenters. The van der Waals surface area contributed by atoms with Gasteiger partial charge in [0.05, 0.1) is 6.54 Å². The van der Waals surface area contributed by atoms with E-state index in [0.717, 1.165) is 17.2 Å². The molecule has 18 heavy (non-hydrogen) atoms. The molecule has 0 aliphatic heterocycles. The minimum absolute atomic E-state index is 0.0446. The minimum atomic E-state index is -0.0446. The number of amides is 1. The van der Waals surface area contributed by atoms with Crippen molar-refractivity contribution in [2.75, 3.05) is 37.9 Å². The zero-order valence-corrected chi connectivity index (χ0v) is 11.6. The molecule has 1 aromatic rings. The third-order valence-electron chi connectivity index (χ3n) is 2.70. The number of carbonyl (C=O) groups excluding carboxylic acids is 1. The first kappa shape index (κ1) is 14.2. The van der Waals surface area contributed by atoms with Crippen LogP contribution < -0.4 is 15.5 Å². The van der Waals surface area contributed by atoms with E-state index in [-0.39, 0.29) is 18.4 Å². The van der Waals surface area contributed by atoms with E-state index in [1.165, 1.54) is 6.33 Å². The number of hydrogen-bond acceptors (Lipinski definition) is 5. The molecule has 1 amide bonds. The summed E-state index contributed by atoms with van der Waals surface area (Å²) in [5.74, 6) is 1.82. The van der Waals surface area contributed by atoms with Crippen molar-refractivity contribution in [1.82, 2.24) is 15.3 Å². The third-order valence-corrected chi connectivity index (χ3v) is 2.70. The van der Waals surface area contributed by atoms with Crippen LogP contribution in [0.5, 0.6) is 0 Å². The van der Waals surface area contributed by atoms with Gasteiger partial charge < -0.3 is 15.5 Å². The molecular formula is C12H21N5O. The maximum atomic E-state index is 11.4. The summed E-state index contributed by atoms with van der Waals surface area (Å²) in [6.45, 7) is 4.43. The van der Waals surface area contributed by atoms with Crippen molar-refractivity contribution < 1.29 is 4.79 Å². The van der Waals surface area contributed by atoms with E-state index in [9.17, 15) is 4.79 Å². The average molecular weight is 251 g/mol. The van der Waals surface area contributed by atoms with E-state index in [4.69, 9.17) is 0 Å². The molecule has 0 aromatic carbocycles. The van der Waals surface area contributed by atoms with Crippen LogP contribution in [0.4, 0.5) is 11.6 Å². The second kappa shape index (κ2) is 6.18. The summed E-state index contributed by atoms with van der Waals surface area (Å²) in [6.07, 6.45) is 1.51. The molecule has 1 heterocycles. The van der Waals surface area contributed by atoms with Crippen LogP contribution in [-0.4, -0.2) is 43.6 Å². The van der Waals surface area contributed by atoms with Gasteiger partial charge in [-0.25, -0.2) is 9.97 Å². The van der Waals surface area contributed by atoms with Gasteiger partial charge in [-0.1, -0.05) is 13.8 Å². The fraction of sp³-hybridized carbons (Fsp3) is 0.583. The number of aromatic nitrogens is 2. The molecular weight excluding hydrogens is 230 g/mol. The van der Waals surface area contributed by atoms with Crippen molar-refractivity contribution in [2.24, 2.45) is 0 Å². The Bertz CT molecular complexity index is 419. The van der Waals surface area contributed by atoms with E-state index in [2.05, 4.69) is 34.4 Å². The van der Waals surface area contributed by atoms with Gasteiger partial charge in [-0.15, -0.1) is 0 Å². The lowest BCUT2D eigenvalue weighted by Crippen LogP contribution is -2.34. The molecule has 0 saturated carbocycles. The molecule has 1 rings (SSSR count). The van der Waals surface area contributed by atoms with Gasteiger partial charge in [0.2, 0.25) is 5.91 Å². The highest BCUT2D eigenvalue weighted by Gasteiger charge is 2.18. The van der Waals surface area contributed by atoms with Gasteiger partial charge in [-0.3, -0.25) is 4.79 Å². The Balaban J connectivity index is 3.11. The molecule has 0 spiro atoms. The van der Waals surface area contributed by atoms with Gasteiger partial charge in [0, 0.05) is 26.7 Å². The van der Waals surface area contributed by atoms with Crippen molar-refractivity contribution in [3.8, 4) is 0 Å². The maximum Gasteiger partial charge on any atom is 0.239 e. The molecule has 6 heteroatoms. The van der Waals surface area contributed by atoms with Crippen molar-refractivity contribution in [3.63, 3.8) is 0 Å². The number of nitrogens with zero attached hydrogens (tertiary/aromatic N) is 3. The first-order valence-corrected chi connectivity index (χ1v) is 5.95. The summed E-state index contributed by atoms with van der Waals surface area (Å²) in [5, 5.41) is 5.66. The predicted octanol–water partition coefficient (Wildman–Crippen LogP) is 0.824. The van der Waals surface area contributed by atoms with Crippen LogP contribution in [0.15, 0.2) is 6.33 Å². The van der Waals surface area contributed by atoms with E-state index in [0.29, 0.717) is 0 Å². The summed E-state index contributed by atoms with van der Waals surface area (Å²) in [4.78, 5) is 21.8. The lowest BCUT2D eigenvalue weighted by atomic mass is 10.0. The molecule has 100 valence electrons. The van der Waals surface area contributed by atoms with Crippen molar-refractivity contribution in [1.29, 1.82) is 0 Å². The van der Waals surface area contributed by atoms with Crippen molar-refractivity contribution in [3.05, 3.63) is 11.9 Å². The summed E-state index contributed by atoms with van der Waals surface area (Å²) in [5.41, 5.74) is 1.02. The number of hydrogen-bond donors (Lipinski definition) is 2. The molecule has 0 saturated heterocycles. The van der Waals surface area contributed by atoms with Gasteiger partial charge in [-0.2, -0.15) is 0 Å². The molecule has 1 aromatic heterocycles.